The van der Waals surface area contributed by atoms with Gasteiger partial charge in [-0.2, -0.15) is 0 Å². The van der Waals surface area contributed by atoms with Gasteiger partial charge in [-0.3, -0.25) is 0 Å². The van der Waals surface area contributed by atoms with Crippen LogP contribution in [0.3, 0.4) is 0 Å². The molecule has 138 valence electrons. The number of ketones is 1. The zero-order valence-corrected chi connectivity index (χ0v) is 16.4. The van der Waals surface area contributed by atoms with Crippen molar-refractivity contribution in [1.29, 1.82) is 0 Å². The standard InChI is InChI=1S/C23H23O3P/c1-19(24)18-27(26-20(2)25,21-12-6-3-7-13-21,22-14-8-4-9-15-22)23-16-10-5-11-17-23/h3-17H,18H2,1-2H3. The maximum atomic E-state index is 12.6. The van der Waals surface area contributed by atoms with Gasteiger partial charge in [-0.1, -0.05) is 0 Å². The summed E-state index contributed by atoms with van der Waals surface area (Å²) in [6, 6.07) is 29.1. The van der Waals surface area contributed by atoms with Crippen LogP contribution in [0.1, 0.15) is 13.8 Å². The molecule has 3 aromatic carbocycles. The summed E-state index contributed by atoms with van der Waals surface area (Å²) < 4.78 is 6.37. The second-order valence-corrected chi connectivity index (χ2v) is 11.1. The Hall–Kier alpha value is -2.77. The third kappa shape index (κ3) is 3.20. The van der Waals surface area contributed by atoms with E-state index in [2.05, 4.69) is 0 Å². The van der Waals surface area contributed by atoms with Crippen molar-refractivity contribution in [3.63, 3.8) is 0 Å². The third-order valence-electron chi connectivity index (χ3n) is 4.76. The Bertz CT molecular complexity index is 818. The van der Waals surface area contributed by atoms with Crippen LogP contribution in [-0.2, 0) is 14.1 Å². The first-order valence-corrected chi connectivity index (χ1v) is 11.2. The Balaban J connectivity index is 2.56. The van der Waals surface area contributed by atoms with Crippen LogP contribution in [0.15, 0.2) is 91.0 Å². The van der Waals surface area contributed by atoms with E-state index in [4.69, 9.17) is 4.52 Å². The van der Waals surface area contributed by atoms with E-state index in [1.54, 1.807) is 6.92 Å². The van der Waals surface area contributed by atoms with Gasteiger partial charge < -0.3 is 0 Å². The number of benzene rings is 3. The number of hydrogen-bond donors (Lipinski definition) is 0. The van der Waals surface area contributed by atoms with Gasteiger partial charge in [-0.25, -0.2) is 0 Å². The fourth-order valence-corrected chi connectivity index (χ4v) is 9.50. The van der Waals surface area contributed by atoms with Crippen molar-refractivity contribution in [3.8, 4) is 0 Å². The Morgan fingerprint density at radius 1 is 0.667 bits per heavy atom. The van der Waals surface area contributed by atoms with E-state index in [1.807, 2.05) is 91.0 Å². The van der Waals surface area contributed by atoms with Gasteiger partial charge in [0.1, 0.15) is 0 Å². The van der Waals surface area contributed by atoms with E-state index in [0.717, 1.165) is 15.9 Å². The fraction of sp³-hybridized carbons (Fsp3) is 0.130. The summed E-state index contributed by atoms with van der Waals surface area (Å²) in [5.74, 6) is -0.420. The molecule has 0 radical (unpaired) electrons. The Morgan fingerprint density at radius 3 is 1.26 bits per heavy atom. The van der Waals surface area contributed by atoms with Crippen molar-refractivity contribution >= 4 is 34.5 Å². The van der Waals surface area contributed by atoms with Crippen LogP contribution in [0, 0.1) is 0 Å². The van der Waals surface area contributed by atoms with E-state index in [0.29, 0.717) is 0 Å². The van der Waals surface area contributed by atoms with Crippen LogP contribution in [0.5, 0.6) is 0 Å². The van der Waals surface area contributed by atoms with E-state index in [9.17, 15) is 9.59 Å². The predicted octanol–water partition coefficient (Wildman–Crippen LogP) is 3.58. The molecule has 3 rings (SSSR count). The fourth-order valence-electron chi connectivity index (χ4n) is 3.85. The van der Waals surface area contributed by atoms with Crippen LogP contribution >= 0.6 is 6.83 Å². The molecule has 3 nitrogen and oxygen atoms in total. The zero-order chi connectivity index (χ0) is 19.4. The van der Waals surface area contributed by atoms with Crippen LogP contribution in [0.4, 0.5) is 0 Å². The molecule has 0 atom stereocenters. The predicted molar refractivity (Wildman–Crippen MR) is 112 cm³/mol. The molecule has 4 heteroatoms. The minimum absolute atomic E-state index is 0.0227. The summed E-state index contributed by atoms with van der Waals surface area (Å²) in [5, 5.41) is 2.60. The summed E-state index contributed by atoms with van der Waals surface area (Å²) in [5.41, 5.74) is 0. The van der Waals surface area contributed by atoms with Crippen LogP contribution in [-0.4, -0.2) is 17.9 Å². The first-order valence-electron chi connectivity index (χ1n) is 8.87. The van der Waals surface area contributed by atoms with E-state index >= 15 is 0 Å². The molecule has 0 amide bonds. The van der Waals surface area contributed by atoms with Crippen molar-refractivity contribution in [1.82, 2.24) is 0 Å². The molecule has 0 aromatic heterocycles. The molecule has 0 fully saturated rings. The monoisotopic (exact) mass is 378 g/mol. The first-order chi connectivity index (χ1) is 13.0. The number of carbonyl (C=O) groups is 2. The van der Waals surface area contributed by atoms with Gasteiger partial charge >= 0.3 is 160 Å². The molecular weight excluding hydrogens is 355 g/mol. The molecule has 0 unspecified atom stereocenters. The average molecular weight is 378 g/mol. The van der Waals surface area contributed by atoms with E-state index < -0.39 is 12.8 Å². The van der Waals surface area contributed by atoms with Gasteiger partial charge in [0.15, 0.2) is 0 Å². The first kappa shape index (κ1) is 19.0. The number of rotatable bonds is 6. The second-order valence-electron chi connectivity index (χ2n) is 6.66. The van der Waals surface area contributed by atoms with Crippen molar-refractivity contribution in [2.75, 3.05) is 6.16 Å². The van der Waals surface area contributed by atoms with Crippen molar-refractivity contribution in [2.24, 2.45) is 0 Å². The molecular formula is C23H23O3P. The topological polar surface area (TPSA) is 43.4 Å². The molecule has 0 aliphatic rings. The molecule has 0 heterocycles. The van der Waals surface area contributed by atoms with Crippen LogP contribution in [0.2, 0.25) is 0 Å². The number of Topliss-reactive ketones (excluding diaryl/α,β-unsaturated/α-hetero) is 1. The van der Waals surface area contributed by atoms with Gasteiger partial charge in [0, 0.05) is 0 Å². The second kappa shape index (κ2) is 7.46. The average Bonchev–Trinajstić information content (AvgIpc) is 2.69. The van der Waals surface area contributed by atoms with Gasteiger partial charge in [0.2, 0.25) is 0 Å². The SMILES string of the molecule is CC(=O)CP(OC(C)=O)(c1ccccc1)(c1ccccc1)c1ccccc1. The maximum absolute atomic E-state index is 12.6. The van der Waals surface area contributed by atoms with Gasteiger partial charge in [-0.15, -0.1) is 0 Å². The number of hydrogen-bond acceptors (Lipinski definition) is 3. The van der Waals surface area contributed by atoms with Gasteiger partial charge in [-0.05, 0) is 0 Å². The molecule has 27 heavy (non-hydrogen) atoms. The molecule has 0 aliphatic heterocycles. The summed E-state index contributed by atoms with van der Waals surface area (Å²) in [6.45, 7) is -0.847. The summed E-state index contributed by atoms with van der Waals surface area (Å²) >= 11 is 0. The van der Waals surface area contributed by atoms with Crippen LogP contribution < -0.4 is 15.9 Å². The third-order valence-corrected chi connectivity index (χ3v) is 10.6. The molecule has 0 saturated carbocycles. The molecule has 0 N–H and O–H groups in total. The van der Waals surface area contributed by atoms with E-state index in [-0.39, 0.29) is 11.9 Å². The molecule has 0 aliphatic carbocycles. The van der Waals surface area contributed by atoms with Crippen molar-refractivity contribution in [2.45, 2.75) is 13.8 Å². The Labute approximate surface area is 160 Å². The van der Waals surface area contributed by atoms with Crippen molar-refractivity contribution < 1.29 is 14.1 Å². The molecule has 0 saturated heterocycles. The zero-order valence-electron chi connectivity index (χ0n) is 15.5. The normalized spacial score (nSPS) is 12.6. The van der Waals surface area contributed by atoms with Crippen LogP contribution in [0.25, 0.3) is 0 Å². The molecule has 0 spiro atoms. The Kier molecular flexibility index (Phi) is 5.25. The molecule has 3 aromatic rings. The summed E-state index contributed by atoms with van der Waals surface area (Å²) in [4.78, 5) is 25.1. The van der Waals surface area contributed by atoms with Gasteiger partial charge in [0.05, 0.1) is 0 Å². The summed E-state index contributed by atoms with van der Waals surface area (Å²) in [6.07, 6.45) is 0.128. The Morgan fingerprint density at radius 2 is 1.00 bits per heavy atom. The number of carbonyl (C=O) groups excluding carboxylic acids is 2. The quantitative estimate of drug-likeness (QED) is 0.616. The minimum atomic E-state index is -3.82. The summed E-state index contributed by atoms with van der Waals surface area (Å²) in [7, 11) is 0. The van der Waals surface area contributed by atoms with E-state index in [1.165, 1.54) is 6.92 Å². The van der Waals surface area contributed by atoms with Gasteiger partial charge in [0.25, 0.3) is 0 Å². The van der Waals surface area contributed by atoms with Crippen molar-refractivity contribution in [3.05, 3.63) is 91.0 Å². The molecule has 0 bridgehead atoms.